The number of aromatic hydroxyl groups is 1. The number of aromatic nitrogens is 3. The number of aryl methyl sites for hydroxylation is 2. The minimum atomic E-state index is -5.15. The lowest BCUT2D eigenvalue weighted by Crippen LogP contribution is -2.12. The van der Waals surface area contributed by atoms with E-state index in [1.807, 2.05) is 0 Å². The summed E-state index contributed by atoms with van der Waals surface area (Å²) in [5, 5.41) is 58.0. The Labute approximate surface area is 572 Å². The summed E-state index contributed by atoms with van der Waals surface area (Å²) in [6.45, 7) is 3.35. The van der Waals surface area contributed by atoms with Gasteiger partial charge < -0.3 is 29.4 Å². The van der Waals surface area contributed by atoms with Crippen LogP contribution in [0.2, 0.25) is 0 Å². The highest BCUT2D eigenvalue weighted by molar-refractivity contribution is 7.87. The van der Waals surface area contributed by atoms with Crippen LogP contribution in [-0.2, 0) is 50.6 Å². The third kappa shape index (κ3) is 16.0. The highest BCUT2D eigenvalue weighted by Gasteiger charge is 2.26. The SMILES string of the molecule is COc1cc(N=Nc2c(S(=O)(=O)O)cc3cc(-n4nc5ccc6c(S(=O)(=O)O)cc(S(=O)(=O)O)cc6c5n4)ccc3c2O)c(OC)cc1N=Nc1ccc(N=Nc2ccc(N=Nc3ccc(C(=O)Nc4ccc5cc(S(=O)(=O)O)cc(OCCCS(=O)(=O)O)c5c4)cc3OC)c(C)c2)c(C)c1. The summed E-state index contributed by atoms with van der Waals surface area (Å²) in [6, 6.07) is 33.4. The lowest BCUT2D eigenvalue weighted by Gasteiger charge is -2.13. The number of anilines is 1. The van der Waals surface area contributed by atoms with Crippen LogP contribution in [0.3, 0.4) is 0 Å². The van der Waals surface area contributed by atoms with Crippen molar-refractivity contribution in [1.29, 1.82) is 0 Å². The van der Waals surface area contributed by atoms with Crippen molar-refractivity contribution in [3.63, 3.8) is 0 Å². The van der Waals surface area contributed by atoms with Crippen LogP contribution >= 0.6 is 0 Å². The number of hydrogen-bond donors (Lipinski definition) is 7. The van der Waals surface area contributed by atoms with E-state index in [9.17, 15) is 70.2 Å². The standard InChI is InChI=1S/C63H52N12O21S5/c1-33-21-40(10-16-48(33)67-65-39-11-17-49(34(2)22-39)68-69-50-15-8-36(25-55(50)93-3)63(77)64-38-9-7-35-24-42(98(81,82)83)29-54(46(35)27-38)96-19-6-20-97(78,79)80)66-70-52-31-57(95-5)53(32-56(52)94-4)71-72-61-59(101(90,91)92)26-37-23-41(12-13-44(37)62(61)76)75-73-51-18-14-45-47(60(51)74-75)28-43(99(84,85)86)30-58(45)100(87,88)89/h7-18,21-32,76H,6,19-20H2,1-5H3,(H,64,77)(H,78,79,80)(H,81,82,83)(H,84,85,86)(H,87,88,89)(H,90,91,92). The van der Waals surface area contributed by atoms with Crippen LogP contribution in [0.4, 0.5) is 51.2 Å². The molecule has 11 aromatic rings. The summed E-state index contributed by atoms with van der Waals surface area (Å²) in [5.74, 6) is -1.58. The van der Waals surface area contributed by atoms with Crippen molar-refractivity contribution in [2.45, 2.75) is 39.9 Å². The number of carbonyl (C=O) groups excluding carboxylic acids is 1. The van der Waals surface area contributed by atoms with E-state index >= 15 is 0 Å². The zero-order valence-electron chi connectivity index (χ0n) is 52.7. The number of methoxy groups -OCH3 is 3. The van der Waals surface area contributed by atoms with Gasteiger partial charge in [-0.2, -0.15) is 67.3 Å². The maximum Gasteiger partial charge on any atom is 0.296 e. The second kappa shape index (κ2) is 27.8. The quantitative estimate of drug-likeness (QED) is 0.0178. The van der Waals surface area contributed by atoms with Gasteiger partial charge in [-0.05, 0) is 157 Å². The van der Waals surface area contributed by atoms with Crippen molar-refractivity contribution in [3.05, 3.63) is 162 Å². The van der Waals surface area contributed by atoms with Crippen LogP contribution in [0.15, 0.2) is 206 Å². The van der Waals surface area contributed by atoms with E-state index in [0.29, 0.717) is 56.4 Å². The number of azo groups is 4. The first-order chi connectivity index (χ1) is 47.7. The van der Waals surface area contributed by atoms with E-state index in [0.717, 1.165) is 23.0 Å². The average Bonchev–Trinajstić information content (AvgIpc) is 1.73. The first-order valence-corrected chi connectivity index (χ1v) is 36.4. The molecule has 0 bridgehead atoms. The molecule has 0 fully saturated rings. The molecule has 0 spiro atoms. The maximum absolute atomic E-state index is 13.5. The van der Waals surface area contributed by atoms with E-state index in [2.05, 4.69) is 56.4 Å². The molecule has 0 saturated heterocycles. The third-order valence-corrected chi connectivity index (χ3v) is 19.4. The Bertz CT molecular complexity index is 6010. The second-order valence-corrected chi connectivity index (χ2v) is 29.1. The number of benzene rings is 10. The van der Waals surface area contributed by atoms with Gasteiger partial charge in [-0.1, -0.05) is 12.1 Å². The smallest absolute Gasteiger partial charge is 0.296 e. The molecule has 1 amide bonds. The van der Waals surface area contributed by atoms with E-state index < -0.39 is 93.3 Å². The average molecular weight is 1470 g/mol. The fourth-order valence-corrected chi connectivity index (χ4v) is 13.3. The van der Waals surface area contributed by atoms with Gasteiger partial charge in [0.25, 0.3) is 56.5 Å². The molecule has 1 heterocycles. The van der Waals surface area contributed by atoms with Gasteiger partial charge in [0.1, 0.15) is 66.6 Å². The Hall–Kier alpha value is -11.2. The Morgan fingerprint density at radius 2 is 1.04 bits per heavy atom. The first kappa shape index (κ1) is 71.1. The van der Waals surface area contributed by atoms with Crippen LogP contribution in [-0.4, -0.2) is 125 Å². The minimum absolute atomic E-state index is 0.0126. The normalized spacial score (nSPS) is 12.7. The molecular weight excluding hydrogens is 1420 g/mol. The van der Waals surface area contributed by atoms with Gasteiger partial charge in [-0.25, -0.2) is 0 Å². The van der Waals surface area contributed by atoms with Gasteiger partial charge in [0.2, 0.25) is 0 Å². The van der Waals surface area contributed by atoms with Gasteiger partial charge in [-0.15, -0.1) is 30.7 Å². The molecule has 0 unspecified atom stereocenters. The molecule has 0 atom stereocenters. The second-order valence-electron chi connectivity index (χ2n) is 21.9. The number of ether oxygens (including phenoxy) is 4. The van der Waals surface area contributed by atoms with Crippen LogP contribution in [0.1, 0.15) is 27.9 Å². The van der Waals surface area contributed by atoms with Gasteiger partial charge >= 0.3 is 0 Å². The number of phenols is 1. The van der Waals surface area contributed by atoms with Crippen molar-refractivity contribution >= 4 is 151 Å². The molecule has 7 N–H and O–H groups in total. The number of fused-ring (bicyclic) bond motifs is 5. The molecule has 520 valence electrons. The monoisotopic (exact) mass is 1470 g/mol. The summed E-state index contributed by atoms with van der Waals surface area (Å²) in [5.41, 5.74) is 3.58. The number of rotatable bonds is 23. The molecule has 33 nitrogen and oxygen atoms in total. The number of carbonyl (C=O) groups is 1. The van der Waals surface area contributed by atoms with Crippen LogP contribution in [0.5, 0.6) is 28.7 Å². The Balaban J connectivity index is 0.756. The fourth-order valence-electron chi connectivity index (χ4n) is 10.2. The number of phenolic OH excluding ortho intramolecular Hbond substituents is 1. The molecule has 38 heteroatoms. The van der Waals surface area contributed by atoms with E-state index in [4.69, 9.17) is 23.5 Å². The topological polar surface area (TPSA) is 488 Å². The zero-order valence-corrected chi connectivity index (χ0v) is 56.8. The molecule has 0 aliphatic carbocycles. The predicted octanol–water partition coefficient (Wildman–Crippen LogP) is 13.8. The Morgan fingerprint density at radius 1 is 0.475 bits per heavy atom. The summed E-state index contributed by atoms with van der Waals surface area (Å²) in [7, 11) is -20.1. The number of amides is 1. The predicted molar refractivity (Wildman–Crippen MR) is 365 cm³/mol. The Kier molecular flexibility index (Phi) is 19.6. The number of nitrogens with zero attached hydrogens (tertiary/aromatic N) is 11. The molecule has 0 aliphatic rings. The van der Waals surface area contributed by atoms with Crippen molar-refractivity contribution in [3.8, 4) is 34.4 Å². The maximum atomic E-state index is 13.5. The van der Waals surface area contributed by atoms with E-state index in [-0.39, 0.29) is 96.9 Å². The lowest BCUT2D eigenvalue weighted by molar-refractivity contribution is 0.102. The van der Waals surface area contributed by atoms with Crippen molar-refractivity contribution < 1.29 is 93.7 Å². The minimum Gasteiger partial charge on any atom is -0.505 e. The lowest BCUT2D eigenvalue weighted by atomic mass is 10.1. The largest absolute Gasteiger partial charge is 0.505 e. The highest BCUT2D eigenvalue weighted by Crippen LogP contribution is 2.46. The highest BCUT2D eigenvalue weighted by atomic mass is 32.2. The van der Waals surface area contributed by atoms with Gasteiger partial charge in [0.05, 0.1) is 71.9 Å². The van der Waals surface area contributed by atoms with Crippen LogP contribution in [0.25, 0.3) is 49.0 Å². The molecule has 101 heavy (non-hydrogen) atoms. The Morgan fingerprint density at radius 3 is 1.63 bits per heavy atom. The summed E-state index contributed by atoms with van der Waals surface area (Å²) in [6.07, 6.45) is -0.133. The van der Waals surface area contributed by atoms with Gasteiger partial charge in [0.15, 0.2) is 5.75 Å². The summed E-state index contributed by atoms with van der Waals surface area (Å²) in [4.78, 5) is 11.5. The number of nitrogens with one attached hydrogen (secondary N) is 1. The molecule has 0 saturated carbocycles. The summed E-state index contributed by atoms with van der Waals surface area (Å²) < 4.78 is 192. The third-order valence-electron chi connectivity index (χ3n) is 15.1. The van der Waals surface area contributed by atoms with Gasteiger partial charge in [0, 0.05) is 51.0 Å². The van der Waals surface area contributed by atoms with Crippen molar-refractivity contribution in [2.75, 3.05) is 39.0 Å². The molecule has 11 rings (SSSR count). The molecule has 0 aliphatic heterocycles. The molecule has 1 aromatic heterocycles. The van der Waals surface area contributed by atoms with E-state index in [1.54, 1.807) is 50.2 Å². The fraction of sp³-hybridized carbons (Fsp3) is 0.127. The van der Waals surface area contributed by atoms with E-state index in [1.165, 1.54) is 106 Å². The molecular formula is C63H52N12O21S5. The zero-order chi connectivity index (χ0) is 72.7. The first-order valence-electron chi connectivity index (χ1n) is 29.0. The van der Waals surface area contributed by atoms with Crippen molar-refractivity contribution in [1.82, 2.24) is 15.0 Å². The molecule has 0 radical (unpaired) electrons. The number of hydrogen-bond acceptors (Lipinski definition) is 26. The van der Waals surface area contributed by atoms with Crippen LogP contribution in [0, 0.1) is 13.8 Å². The van der Waals surface area contributed by atoms with Crippen LogP contribution < -0.4 is 24.3 Å². The van der Waals surface area contributed by atoms with Crippen molar-refractivity contribution in [2.24, 2.45) is 40.9 Å². The molecule has 10 aromatic carbocycles. The van der Waals surface area contributed by atoms with Gasteiger partial charge in [-0.3, -0.25) is 27.6 Å². The summed E-state index contributed by atoms with van der Waals surface area (Å²) >= 11 is 0.